The number of carbonyl (C=O) groups excluding carboxylic acids is 1. The van der Waals surface area contributed by atoms with Crippen molar-refractivity contribution in [3.63, 3.8) is 0 Å². The molecular formula is C5H7F2NO2. The van der Waals surface area contributed by atoms with E-state index in [2.05, 4.69) is 0 Å². The predicted octanol–water partition coefficient (Wildman–Crippen LogP) is 0.633. The van der Waals surface area contributed by atoms with Crippen LogP contribution in [0.1, 0.15) is 12.8 Å². The van der Waals surface area contributed by atoms with E-state index in [0.717, 1.165) is 0 Å². The number of hydrogen-bond acceptors (Lipinski definition) is 2. The lowest BCUT2D eigenvalue weighted by Crippen LogP contribution is -2.44. The summed E-state index contributed by atoms with van der Waals surface area (Å²) in [5.41, 5.74) is 0. The Morgan fingerprint density at radius 3 is 2.60 bits per heavy atom. The summed E-state index contributed by atoms with van der Waals surface area (Å²) < 4.78 is 24.5. The van der Waals surface area contributed by atoms with Gasteiger partial charge in [0.25, 0.3) is 5.92 Å². The Hall–Kier alpha value is -0.710. The van der Waals surface area contributed by atoms with Crippen LogP contribution in [0.5, 0.6) is 0 Å². The van der Waals surface area contributed by atoms with Crippen LogP contribution in [0, 0.1) is 0 Å². The Bertz CT molecular complexity index is 160. The molecule has 1 aliphatic heterocycles. The van der Waals surface area contributed by atoms with E-state index < -0.39 is 24.8 Å². The molecule has 1 heterocycles. The number of carbonyl (C=O) groups is 1. The highest BCUT2D eigenvalue weighted by atomic mass is 19.3. The maximum Gasteiger partial charge on any atom is 0.268 e. The second kappa shape index (κ2) is 2.16. The minimum absolute atomic E-state index is 0.0729. The van der Waals surface area contributed by atoms with Crippen molar-refractivity contribution in [3.05, 3.63) is 0 Å². The molecule has 0 aromatic heterocycles. The van der Waals surface area contributed by atoms with Crippen LogP contribution in [0.25, 0.3) is 0 Å². The fourth-order valence-corrected chi connectivity index (χ4v) is 0.805. The van der Waals surface area contributed by atoms with Crippen molar-refractivity contribution in [2.45, 2.75) is 18.8 Å². The van der Waals surface area contributed by atoms with E-state index in [4.69, 9.17) is 5.21 Å². The van der Waals surface area contributed by atoms with Crippen LogP contribution in [-0.2, 0) is 4.79 Å². The summed E-state index contributed by atoms with van der Waals surface area (Å²) >= 11 is 0. The van der Waals surface area contributed by atoms with Gasteiger partial charge in [0.15, 0.2) is 0 Å². The van der Waals surface area contributed by atoms with Gasteiger partial charge in [-0.2, -0.15) is 0 Å². The summed E-state index contributed by atoms with van der Waals surface area (Å²) in [6, 6.07) is 0. The SMILES string of the molecule is O=C1CCC(F)(F)CN1O. The molecular weight excluding hydrogens is 144 g/mol. The minimum Gasteiger partial charge on any atom is -0.286 e. The zero-order valence-corrected chi connectivity index (χ0v) is 5.18. The number of hydrogen-bond donors (Lipinski definition) is 1. The molecule has 1 fully saturated rings. The molecule has 10 heavy (non-hydrogen) atoms. The third-order valence-corrected chi connectivity index (χ3v) is 1.37. The zero-order valence-electron chi connectivity index (χ0n) is 5.18. The Kier molecular flexibility index (Phi) is 1.60. The number of halogens is 2. The van der Waals surface area contributed by atoms with E-state index >= 15 is 0 Å². The average molecular weight is 151 g/mol. The quantitative estimate of drug-likeness (QED) is 0.516. The zero-order chi connectivity index (χ0) is 7.78. The molecule has 3 nitrogen and oxygen atoms in total. The number of piperidine rings is 1. The first-order valence-electron chi connectivity index (χ1n) is 2.88. The lowest BCUT2D eigenvalue weighted by atomic mass is 10.1. The Balaban J connectivity index is 2.57. The van der Waals surface area contributed by atoms with Gasteiger partial charge in [-0.25, -0.2) is 13.8 Å². The van der Waals surface area contributed by atoms with Crippen molar-refractivity contribution in [1.82, 2.24) is 5.06 Å². The molecule has 1 rings (SSSR count). The average Bonchev–Trinajstić information content (AvgIpc) is 1.79. The summed E-state index contributed by atoms with van der Waals surface area (Å²) in [5, 5.41) is 8.59. The van der Waals surface area contributed by atoms with Crippen molar-refractivity contribution in [1.29, 1.82) is 0 Å². The first kappa shape index (κ1) is 7.40. The molecule has 1 amide bonds. The van der Waals surface area contributed by atoms with Gasteiger partial charge in [0, 0.05) is 12.8 Å². The lowest BCUT2D eigenvalue weighted by molar-refractivity contribution is -0.197. The van der Waals surface area contributed by atoms with Gasteiger partial charge in [0.2, 0.25) is 5.91 Å². The van der Waals surface area contributed by atoms with Crippen LogP contribution < -0.4 is 0 Å². The Morgan fingerprint density at radius 1 is 1.60 bits per heavy atom. The van der Waals surface area contributed by atoms with Crippen molar-refractivity contribution in [3.8, 4) is 0 Å². The first-order valence-corrected chi connectivity index (χ1v) is 2.88. The van der Waals surface area contributed by atoms with Gasteiger partial charge in [-0.05, 0) is 0 Å². The molecule has 0 aromatic carbocycles. The van der Waals surface area contributed by atoms with E-state index in [1.54, 1.807) is 0 Å². The van der Waals surface area contributed by atoms with Crippen LogP contribution in [0.3, 0.4) is 0 Å². The molecule has 5 heteroatoms. The van der Waals surface area contributed by atoms with Crippen molar-refractivity contribution < 1.29 is 18.8 Å². The van der Waals surface area contributed by atoms with E-state index in [0.29, 0.717) is 0 Å². The van der Waals surface area contributed by atoms with E-state index in [9.17, 15) is 13.6 Å². The maximum atomic E-state index is 12.3. The topological polar surface area (TPSA) is 40.5 Å². The maximum absolute atomic E-state index is 12.3. The second-order valence-corrected chi connectivity index (χ2v) is 2.31. The highest BCUT2D eigenvalue weighted by Gasteiger charge is 2.38. The molecule has 1 N–H and O–H groups in total. The van der Waals surface area contributed by atoms with Crippen molar-refractivity contribution >= 4 is 5.91 Å². The fraction of sp³-hybridized carbons (Fsp3) is 0.800. The number of rotatable bonds is 0. The van der Waals surface area contributed by atoms with Gasteiger partial charge in [-0.15, -0.1) is 0 Å². The molecule has 0 unspecified atom stereocenters. The molecule has 0 saturated carbocycles. The van der Waals surface area contributed by atoms with Crippen LogP contribution in [0.15, 0.2) is 0 Å². The number of hydroxylamine groups is 2. The van der Waals surface area contributed by atoms with Crippen molar-refractivity contribution in [2.75, 3.05) is 6.54 Å². The summed E-state index contributed by atoms with van der Waals surface area (Å²) in [7, 11) is 0. The van der Waals surface area contributed by atoms with Gasteiger partial charge < -0.3 is 0 Å². The van der Waals surface area contributed by atoms with E-state index in [1.807, 2.05) is 0 Å². The Morgan fingerprint density at radius 2 is 2.20 bits per heavy atom. The summed E-state index contributed by atoms with van der Waals surface area (Å²) in [6.45, 7) is -0.869. The van der Waals surface area contributed by atoms with Crippen molar-refractivity contribution in [2.24, 2.45) is 0 Å². The second-order valence-electron chi connectivity index (χ2n) is 2.31. The van der Waals surface area contributed by atoms with E-state index in [-0.39, 0.29) is 11.5 Å². The van der Waals surface area contributed by atoms with Gasteiger partial charge in [0.1, 0.15) is 6.54 Å². The monoisotopic (exact) mass is 151 g/mol. The number of alkyl halides is 2. The molecule has 0 bridgehead atoms. The van der Waals surface area contributed by atoms with E-state index in [1.165, 1.54) is 0 Å². The van der Waals surface area contributed by atoms with Crippen LogP contribution in [0.4, 0.5) is 8.78 Å². The Labute approximate surface area is 56.2 Å². The highest BCUT2D eigenvalue weighted by Crippen LogP contribution is 2.25. The van der Waals surface area contributed by atoms with Crippen LogP contribution >= 0.6 is 0 Å². The first-order chi connectivity index (χ1) is 4.51. The smallest absolute Gasteiger partial charge is 0.268 e. The van der Waals surface area contributed by atoms with Gasteiger partial charge in [-0.3, -0.25) is 10.0 Å². The molecule has 1 aliphatic rings. The standard InChI is InChI=1S/C5H7F2NO2/c6-5(7)2-1-4(9)8(10)3-5/h10H,1-3H2. The molecule has 1 saturated heterocycles. The van der Waals surface area contributed by atoms with Gasteiger partial charge >= 0.3 is 0 Å². The molecule has 58 valence electrons. The summed E-state index contributed by atoms with van der Waals surface area (Å²) in [5.74, 6) is -3.55. The molecule has 0 spiro atoms. The third-order valence-electron chi connectivity index (χ3n) is 1.37. The molecule has 0 aromatic rings. The summed E-state index contributed by atoms with van der Waals surface area (Å²) in [4.78, 5) is 10.4. The lowest BCUT2D eigenvalue weighted by Gasteiger charge is -2.26. The van der Waals surface area contributed by atoms with Crippen LogP contribution in [-0.4, -0.2) is 28.6 Å². The number of amides is 1. The normalized spacial score (nSPS) is 25.1. The number of nitrogens with zero attached hydrogens (tertiary/aromatic N) is 1. The third kappa shape index (κ3) is 1.41. The van der Waals surface area contributed by atoms with Gasteiger partial charge in [-0.1, -0.05) is 0 Å². The minimum atomic E-state index is -2.91. The molecule has 0 aliphatic carbocycles. The van der Waals surface area contributed by atoms with Gasteiger partial charge in [0.05, 0.1) is 0 Å². The molecule has 0 atom stereocenters. The largest absolute Gasteiger partial charge is 0.286 e. The molecule has 0 radical (unpaired) electrons. The summed E-state index contributed by atoms with van der Waals surface area (Å²) in [6.07, 6.45) is -0.730. The van der Waals surface area contributed by atoms with Crippen LogP contribution in [0.2, 0.25) is 0 Å². The fourth-order valence-electron chi connectivity index (χ4n) is 0.805. The predicted molar refractivity (Wildman–Crippen MR) is 27.7 cm³/mol. The highest BCUT2D eigenvalue weighted by molar-refractivity contribution is 5.75.